The van der Waals surface area contributed by atoms with Crippen LogP contribution in [0.1, 0.15) is 29.8 Å². The summed E-state index contributed by atoms with van der Waals surface area (Å²) in [6, 6.07) is 6.86. The Hall–Kier alpha value is -1.88. The van der Waals surface area contributed by atoms with Gasteiger partial charge in [-0.3, -0.25) is 9.59 Å². The second-order valence-electron chi connectivity index (χ2n) is 6.33. The Morgan fingerprint density at radius 2 is 2.05 bits per heavy atom. The zero-order chi connectivity index (χ0) is 16.1. The van der Waals surface area contributed by atoms with E-state index in [1.807, 2.05) is 39.0 Å². The molecule has 0 radical (unpaired) electrons. The first-order valence-corrected chi connectivity index (χ1v) is 7.83. The Balaban J connectivity index is 1.95. The molecule has 0 saturated carbocycles. The third kappa shape index (κ3) is 4.31. The van der Waals surface area contributed by atoms with Crippen molar-refractivity contribution in [2.24, 2.45) is 11.8 Å². The maximum absolute atomic E-state index is 12.3. The normalized spacial score (nSPS) is 16.0. The number of hydrogen-bond donors (Lipinski definition) is 3. The van der Waals surface area contributed by atoms with Gasteiger partial charge in [-0.25, -0.2) is 0 Å². The number of hydrogen-bond acceptors (Lipinski definition) is 3. The van der Waals surface area contributed by atoms with Crippen LogP contribution in [0.5, 0.6) is 0 Å². The van der Waals surface area contributed by atoms with Crippen LogP contribution in [0, 0.1) is 18.8 Å². The molecule has 22 heavy (non-hydrogen) atoms. The number of aryl methyl sites for hydroxylation is 1. The molecule has 5 heteroatoms. The molecule has 1 fully saturated rings. The summed E-state index contributed by atoms with van der Waals surface area (Å²) in [5.74, 6) is 0.225. The fourth-order valence-corrected chi connectivity index (χ4v) is 2.39. The average Bonchev–Trinajstić information content (AvgIpc) is 2.42. The van der Waals surface area contributed by atoms with Gasteiger partial charge in [0, 0.05) is 31.1 Å². The maximum Gasteiger partial charge on any atom is 0.251 e. The highest BCUT2D eigenvalue weighted by molar-refractivity contribution is 5.97. The topological polar surface area (TPSA) is 70.2 Å². The van der Waals surface area contributed by atoms with E-state index in [1.165, 1.54) is 0 Å². The van der Waals surface area contributed by atoms with Gasteiger partial charge in [0.25, 0.3) is 5.91 Å². The van der Waals surface area contributed by atoms with Crippen molar-refractivity contribution in [3.63, 3.8) is 0 Å². The van der Waals surface area contributed by atoms with Crippen LogP contribution >= 0.6 is 0 Å². The molecule has 1 saturated heterocycles. The molecule has 1 aliphatic heterocycles. The lowest BCUT2D eigenvalue weighted by molar-refractivity contribution is -0.124. The predicted molar refractivity (Wildman–Crippen MR) is 86.6 cm³/mol. The third-order valence-electron chi connectivity index (χ3n) is 3.95. The molecule has 3 N–H and O–H groups in total. The van der Waals surface area contributed by atoms with E-state index in [2.05, 4.69) is 16.0 Å². The minimum atomic E-state index is -0.513. The SMILES string of the molecule is Cc1cccc(C(=O)NC(C(=O)NCC2CNC2)C(C)C)c1. The highest BCUT2D eigenvalue weighted by Gasteiger charge is 2.26. The Morgan fingerprint density at radius 3 is 2.59 bits per heavy atom. The number of carbonyl (C=O) groups is 2. The molecule has 1 unspecified atom stereocenters. The molecule has 1 aromatic rings. The molecule has 0 aliphatic carbocycles. The summed E-state index contributed by atoms with van der Waals surface area (Å²) >= 11 is 0. The molecular weight excluding hydrogens is 278 g/mol. The second kappa shape index (κ2) is 7.40. The summed E-state index contributed by atoms with van der Waals surface area (Å²) in [7, 11) is 0. The average molecular weight is 303 g/mol. The highest BCUT2D eigenvalue weighted by atomic mass is 16.2. The Kier molecular flexibility index (Phi) is 5.55. The molecule has 0 aromatic heterocycles. The first-order chi connectivity index (χ1) is 10.5. The van der Waals surface area contributed by atoms with Gasteiger partial charge in [0.15, 0.2) is 0 Å². The van der Waals surface area contributed by atoms with Crippen molar-refractivity contribution in [3.8, 4) is 0 Å². The van der Waals surface area contributed by atoms with E-state index in [1.54, 1.807) is 6.07 Å². The Bertz CT molecular complexity index is 538. The van der Waals surface area contributed by atoms with E-state index in [0.717, 1.165) is 18.7 Å². The summed E-state index contributed by atoms with van der Waals surface area (Å²) in [4.78, 5) is 24.6. The van der Waals surface area contributed by atoms with E-state index in [4.69, 9.17) is 0 Å². The standard InChI is InChI=1S/C17H25N3O2/c1-11(2)15(17(22)19-10-13-8-18-9-13)20-16(21)14-6-4-5-12(3)7-14/h4-7,11,13,15,18H,8-10H2,1-3H3,(H,19,22)(H,20,21). The number of benzene rings is 1. The first-order valence-electron chi connectivity index (χ1n) is 7.83. The van der Waals surface area contributed by atoms with Crippen LogP contribution in [0.3, 0.4) is 0 Å². The van der Waals surface area contributed by atoms with Gasteiger partial charge >= 0.3 is 0 Å². The molecule has 1 aliphatic rings. The largest absolute Gasteiger partial charge is 0.354 e. The van der Waals surface area contributed by atoms with Gasteiger partial charge in [0.05, 0.1) is 0 Å². The molecule has 2 amide bonds. The van der Waals surface area contributed by atoms with Crippen molar-refractivity contribution in [1.82, 2.24) is 16.0 Å². The maximum atomic E-state index is 12.3. The van der Waals surface area contributed by atoms with Crippen molar-refractivity contribution in [1.29, 1.82) is 0 Å². The number of amides is 2. The van der Waals surface area contributed by atoms with Crippen LogP contribution in [0.4, 0.5) is 0 Å². The molecule has 0 spiro atoms. The van der Waals surface area contributed by atoms with Gasteiger partial charge < -0.3 is 16.0 Å². The van der Waals surface area contributed by atoms with Crippen LogP contribution in [-0.2, 0) is 4.79 Å². The zero-order valence-corrected chi connectivity index (χ0v) is 13.5. The fraction of sp³-hybridized carbons (Fsp3) is 0.529. The van der Waals surface area contributed by atoms with Crippen LogP contribution in [-0.4, -0.2) is 37.5 Å². The van der Waals surface area contributed by atoms with E-state index >= 15 is 0 Å². The highest BCUT2D eigenvalue weighted by Crippen LogP contribution is 2.08. The number of carbonyl (C=O) groups excluding carboxylic acids is 2. The lowest BCUT2D eigenvalue weighted by Gasteiger charge is -2.29. The molecule has 5 nitrogen and oxygen atoms in total. The van der Waals surface area contributed by atoms with Crippen molar-refractivity contribution in [2.45, 2.75) is 26.8 Å². The van der Waals surface area contributed by atoms with Crippen molar-refractivity contribution in [2.75, 3.05) is 19.6 Å². The second-order valence-corrected chi connectivity index (χ2v) is 6.33. The van der Waals surface area contributed by atoms with Gasteiger partial charge in [-0.05, 0) is 25.0 Å². The van der Waals surface area contributed by atoms with E-state index < -0.39 is 6.04 Å². The lowest BCUT2D eigenvalue weighted by Crippen LogP contribution is -2.53. The monoisotopic (exact) mass is 303 g/mol. The molecule has 1 atom stereocenters. The number of rotatable bonds is 6. The molecule has 120 valence electrons. The minimum absolute atomic E-state index is 0.0354. The van der Waals surface area contributed by atoms with Crippen molar-refractivity contribution >= 4 is 11.8 Å². The quantitative estimate of drug-likeness (QED) is 0.736. The van der Waals surface area contributed by atoms with Crippen LogP contribution < -0.4 is 16.0 Å². The summed E-state index contributed by atoms with van der Waals surface area (Å²) in [5.41, 5.74) is 1.61. The summed E-state index contributed by atoms with van der Waals surface area (Å²) in [5, 5.41) is 8.97. The van der Waals surface area contributed by atoms with Gasteiger partial charge in [-0.1, -0.05) is 31.5 Å². The third-order valence-corrected chi connectivity index (χ3v) is 3.95. The van der Waals surface area contributed by atoms with Gasteiger partial charge in [-0.15, -0.1) is 0 Å². The first kappa shape index (κ1) is 16.5. The molecule has 1 heterocycles. The minimum Gasteiger partial charge on any atom is -0.354 e. The Morgan fingerprint density at radius 1 is 1.32 bits per heavy atom. The molecule has 0 bridgehead atoms. The zero-order valence-electron chi connectivity index (χ0n) is 13.5. The molecule has 1 aromatic carbocycles. The van der Waals surface area contributed by atoms with E-state index in [9.17, 15) is 9.59 Å². The predicted octanol–water partition coefficient (Wildman–Crippen LogP) is 1.09. The summed E-state index contributed by atoms with van der Waals surface area (Å²) < 4.78 is 0. The number of nitrogens with one attached hydrogen (secondary N) is 3. The van der Waals surface area contributed by atoms with Gasteiger partial charge in [-0.2, -0.15) is 0 Å². The van der Waals surface area contributed by atoms with Crippen molar-refractivity contribution < 1.29 is 9.59 Å². The van der Waals surface area contributed by atoms with Crippen LogP contribution in [0.15, 0.2) is 24.3 Å². The van der Waals surface area contributed by atoms with E-state index in [0.29, 0.717) is 18.0 Å². The molecule has 2 rings (SSSR count). The van der Waals surface area contributed by atoms with E-state index in [-0.39, 0.29) is 17.7 Å². The molecular formula is C17H25N3O2. The fourth-order valence-electron chi connectivity index (χ4n) is 2.39. The van der Waals surface area contributed by atoms with Crippen LogP contribution in [0.25, 0.3) is 0 Å². The summed E-state index contributed by atoms with van der Waals surface area (Å²) in [6.07, 6.45) is 0. The van der Waals surface area contributed by atoms with Gasteiger partial charge in [0.2, 0.25) is 5.91 Å². The lowest BCUT2D eigenvalue weighted by atomic mass is 10.0. The van der Waals surface area contributed by atoms with Crippen molar-refractivity contribution in [3.05, 3.63) is 35.4 Å². The van der Waals surface area contributed by atoms with Gasteiger partial charge in [0.1, 0.15) is 6.04 Å². The summed E-state index contributed by atoms with van der Waals surface area (Å²) in [6.45, 7) is 8.37. The Labute approximate surface area is 131 Å². The van der Waals surface area contributed by atoms with Crippen LogP contribution in [0.2, 0.25) is 0 Å². The smallest absolute Gasteiger partial charge is 0.251 e.